The Bertz CT molecular complexity index is 1790. The summed E-state index contributed by atoms with van der Waals surface area (Å²) >= 11 is 0. The van der Waals surface area contributed by atoms with Crippen LogP contribution < -0.4 is 5.73 Å². The molecule has 0 amide bonds. The fourth-order valence-corrected chi connectivity index (χ4v) is 9.48. The van der Waals surface area contributed by atoms with Crippen LogP contribution >= 0.6 is 7.82 Å². The van der Waals surface area contributed by atoms with Gasteiger partial charge in [0.05, 0.1) is 13.2 Å². The van der Waals surface area contributed by atoms with Gasteiger partial charge in [0.15, 0.2) is 6.10 Å². The normalized spacial score (nSPS) is 13.9. The van der Waals surface area contributed by atoms with Gasteiger partial charge in [-0.25, -0.2) is 4.57 Å². The largest absolute Gasteiger partial charge is 0.472 e. The van der Waals surface area contributed by atoms with Crippen molar-refractivity contribution >= 4 is 19.8 Å². The van der Waals surface area contributed by atoms with Crippen LogP contribution in [0.2, 0.25) is 0 Å². The number of carbonyl (C=O) groups is 2. The summed E-state index contributed by atoms with van der Waals surface area (Å²) in [5.74, 6) is -0.838. The van der Waals surface area contributed by atoms with Gasteiger partial charge < -0.3 is 20.1 Å². The fraction of sp³-hybridized carbons (Fsp3) is 0.662. The second-order valence-electron chi connectivity index (χ2n) is 21.2. The van der Waals surface area contributed by atoms with E-state index in [1.165, 1.54) is 116 Å². The summed E-state index contributed by atoms with van der Waals surface area (Å²) in [7, 11) is -4.40. The van der Waals surface area contributed by atoms with Crippen molar-refractivity contribution < 1.29 is 37.6 Å². The van der Waals surface area contributed by atoms with Crippen molar-refractivity contribution in [3.05, 3.63) is 134 Å². The quantitative estimate of drug-likeness (QED) is 0.0264. The van der Waals surface area contributed by atoms with Gasteiger partial charge in [0.2, 0.25) is 0 Å². The maximum absolute atomic E-state index is 12.7. The zero-order valence-electron chi connectivity index (χ0n) is 51.7. The number of hydrogen-bond acceptors (Lipinski definition) is 8. The zero-order chi connectivity index (χ0) is 58.7. The van der Waals surface area contributed by atoms with Crippen molar-refractivity contribution in [3.8, 4) is 0 Å². The van der Waals surface area contributed by atoms with E-state index in [0.717, 1.165) is 122 Å². The highest BCUT2D eigenvalue weighted by Crippen LogP contribution is 2.43. The number of unbranched alkanes of at least 4 members (excludes halogenated alkanes) is 25. The summed E-state index contributed by atoms with van der Waals surface area (Å²) < 4.78 is 33.1. The molecule has 0 aromatic heterocycles. The van der Waals surface area contributed by atoms with Gasteiger partial charge in [0, 0.05) is 19.4 Å². The lowest BCUT2D eigenvalue weighted by atomic mass is 10.0. The first-order chi connectivity index (χ1) is 39.8. The summed E-state index contributed by atoms with van der Waals surface area (Å²) in [6.07, 6.45) is 92.3. The third-order valence-corrected chi connectivity index (χ3v) is 14.5. The van der Waals surface area contributed by atoms with E-state index in [1.54, 1.807) is 0 Å². The molecule has 0 aliphatic heterocycles. The Morgan fingerprint density at radius 3 is 1.01 bits per heavy atom. The van der Waals surface area contributed by atoms with Crippen molar-refractivity contribution in [2.24, 2.45) is 5.73 Å². The van der Waals surface area contributed by atoms with Gasteiger partial charge in [-0.2, -0.15) is 0 Å². The Morgan fingerprint density at radius 2 is 0.679 bits per heavy atom. The van der Waals surface area contributed by atoms with Crippen molar-refractivity contribution in [1.29, 1.82) is 0 Å². The van der Waals surface area contributed by atoms with Crippen LogP contribution in [0, 0.1) is 0 Å². The Kier molecular flexibility index (Phi) is 62.2. The molecule has 0 spiro atoms. The zero-order valence-corrected chi connectivity index (χ0v) is 52.6. The van der Waals surface area contributed by atoms with E-state index in [9.17, 15) is 19.0 Å². The molecule has 2 unspecified atom stereocenters. The van der Waals surface area contributed by atoms with Gasteiger partial charge in [-0.15, -0.1) is 0 Å². The fourth-order valence-electron chi connectivity index (χ4n) is 8.72. The van der Waals surface area contributed by atoms with Crippen molar-refractivity contribution in [2.75, 3.05) is 26.4 Å². The Balaban J connectivity index is 3.96. The van der Waals surface area contributed by atoms with Gasteiger partial charge in [-0.1, -0.05) is 276 Å². The molecule has 0 radical (unpaired) electrons. The van der Waals surface area contributed by atoms with Gasteiger partial charge >= 0.3 is 19.8 Å². The molecule has 3 N–H and O–H groups in total. The number of phosphoric ester groups is 1. The lowest BCUT2D eigenvalue weighted by molar-refractivity contribution is -0.161. The SMILES string of the molecule is CC/C=C\C/C=C\C/C=C\C/C=C\C/C=C\C/C=C\C/C=C\C/C=C\C/C=C\CCCCCCCCCCCCCC(=O)OC(COC(=O)CCCCCCCCCCC/C=C\C/C=C\CCCCCCC)COP(=O)(O)OCCN. The molecule has 462 valence electrons. The molecule has 0 aromatic rings. The van der Waals surface area contributed by atoms with E-state index in [2.05, 4.69) is 148 Å². The smallest absolute Gasteiger partial charge is 0.462 e. The number of hydrogen-bond donors (Lipinski definition) is 2. The third kappa shape index (κ3) is 65.2. The monoisotopic (exact) mass is 1150 g/mol. The lowest BCUT2D eigenvalue weighted by Gasteiger charge is -2.19. The first-order valence-corrected chi connectivity index (χ1v) is 34.2. The van der Waals surface area contributed by atoms with E-state index in [-0.39, 0.29) is 38.6 Å². The highest BCUT2D eigenvalue weighted by molar-refractivity contribution is 7.47. The maximum Gasteiger partial charge on any atom is 0.472 e. The number of nitrogens with two attached hydrogens (primary N) is 1. The first-order valence-electron chi connectivity index (χ1n) is 32.7. The van der Waals surface area contributed by atoms with Crippen LogP contribution in [0.5, 0.6) is 0 Å². The molecule has 81 heavy (non-hydrogen) atoms. The molecule has 0 aromatic carbocycles. The van der Waals surface area contributed by atoms with Gasteiger partial charge in [-0.3, -0.25) is 18.6 Å². The average molecular weight is 1150 g/mol. The topological polar surface area (TPSA) is 134 Å². The summed E-state index contributed by atoms with van der Waals surface area (Å²) in [4.78, 5) is 35.3. The first kappa shape index (κ1) is 77.2. The molecule has 0 rings (SSSR count). The number of phosphoric acid groups is 1. The van der Waals surface area contributed by atoms with Crippen LogP contribution in [-0.4, -0.2) is 49.3 Å². The molecule has 2 atom stereocenters. The molecular formula is C71H120NO8P. The van der Waals surface area contributed by atoms with Crippen LogP contribution in [0.3, 0.4) is 0 Å². The number of allylic oxidation sites excluding steroid dienone is 22. The molecule has 10 heteroatoms. The van der Waals surface area contributed by atoms with E-state index >= 15 is 0 Å². The number of ether oxygens (including phenoxy) is 2. The average Bonchev–Trinajstić information content (AvgIpc) is 3.46. The Hall–Kier alpha value is -3.85. The third-order valence-electron chi connectivity index (χ3n) is 13.5. The molecule has 0 saturated heterocycles. The van der Waals surface area contributed by atoms with Crippen LogP contribution in [0.4, 0.5) is 0 Å². The molecule has 0 aliphatic carbocycles. The number of rotatable bonds is 60. The predicted molar refractivity (Wildman–Crippen MR) is 348 cm³/mol. The van der Waals surface area contributed by atoms with Crippen LogP contribution in [0.1, 0.15) is 271 Å². The summed E-state index contributed by atoms with van der Waals surface area (Å²) in [6, 6.07) is 0. The van der Waals surface area contributed by atoms with Gasteiger partial charge in [0.25, 0.3) is 0 Å². The number of esters is 2. The van der Waals surface area contributed by atoms with E-state index < -0.39 is 26.5 Å². The van der Waals surface area contributed by atoms with Crippen molar-refractivity contribution in [3.63, 3.8) is 0 Å². The van der Waals surface area contributed by atoms with E-state index in [4.69, 9.17) is 24.3 Å². The Morgan fingerprint density at radius 1 is 0.383 bits per heavy atom. The molecule has 0 fully saturated rings. The van der Waals surface area contributed by atoms with Crippen LogP contribution in [0.25, 0.3) is 0 Å². The van der Waals surface area contributed by atoms with Gasteiger partial charge in [0.1, 0.15) is 6.61 Å². The van der Waals surface area contributed by atoms with E-state index in [1.807, 2.05) is 0 Å². The molecule has 9 nitrogen and oxygen atoms in total. The van der Waals surface area contributed by atoms with Crippen molar-refractivity contribution in [2.45, 2.75) is 277 Å². The second kappa shape index (κ2) is 65.3. The predicted octanol–water partition coefficient (Wildman–Crippen LogP) is 21.3. The molecule has 0 heterocycles. The highest BCUT2D eigenvalue weighted by Gasteiger charge is 2.26. The standard InChI is InChI=1S/C71H120NO8P/c1-3-5-7-9-11-13-15-17-19-21-23-25-26-27-28-29-30-31-32-33-34-35-36-37-38-39-40-41-42-44-46-48-50-52-54-56-58-60-62-64-71(74)80-69(68-79-81(75,76)78-66-65-72)67-77-70(73)63-61-59-57-55-53-51-49-47-45-43-24-22-20-18-16-14-12-10-8-6-4-2/h5,7,11,13,16-19,22-25,27-28,30-31,33-34,36-37,39-40,69H,3-4,6,8-10,12,14-15,20-21,26,29,32,35,38,41-68,72H2,1-2H3,(H,75,76)/b7-5-,13-11-,18-16-,19-17-,24-22-,25-23-,28-27-,31-30-,34-33-,37-36-,40-39-. The van der Waals surface area contributed by atoms with E-state index in [0.29, 0.717) is 6.42 Å². The highest BCUT2D eigenvalue weighted by atomic mass is 31.2. The minimum absolute atomic E-state index is 0.0470. The minimum Gasteiger partial charge on any atom is -0.462 e. The van der Waals surface area contributed by atoms with Gasteiger partial charge in [-0.05, 0) is 116 Å². The summed E-state index contributed by atoms with van der Waals surface area (Å²) in [5, 5.41) is 0. The summed E-state index contributed by atoms with van der Waals surface area (Å²) in [6.45, 7) is 3.62. The van der Waals surface area contributed by atoms with Crippen LogP contribution in [-0.2, 0) is 32.7 Å². The van der Waals surface area contributed by atoms with Crippen LogP contribution in [0.15, 0.2) is 134 Å². The molecular weight excluding hydrogens is 1030 g/mol. The minimum atomic E-state index is -4.40. The molecule has 0 saturated carbocycles. The second-order valence-corrected chi connectivity index (χ2v) is 22.7. The molecule has 0 bridgehead atoms. The number of carbonyl (C=O) groups excluding carboxylic acids is 2. The Labute approximate surface area is 497 Å². The maximum atomic E-state index is 12.7. The lowest BCUT2D eigenvalue weighted by Crippen LogP contribution is -2.29. The summed E-state index contributed by atoms with van der Waals surface area (Å²) in [5.41, 5.74) is 5.39. The van der Waals surface area contributed by atoms with Crippen molar-refractivity contribution in [1.82, 2.24) is 0 Å². The molecule has 0 aliphatic rings.